The number of aliphatic hydroxyl groups is 2. The lowest BCUT2D eigenvalue weighted by Crippen LogP contribution is -2.93. The van der Waals surface area contributed by atoms with Gasteiger partial charge in [-0.2, -0.15) is 0 Å². The van der Waals surface area contributed by atoms with Gasteiger partial charge in [0.15, 0.2) is 0 Å². The molecular formula is C42H46N2O7. The molecule has 0 amide bonds. The van der Waals surface area contributed by atoms with Crippen LogP contribution in [-0.2, 0) is 4.79 Å². The van der Waals surface area contributed by atoms with Crippen molar-refractivity contribution >= 4 is 12.2 Å². The maximum absolute atomic E-state index is 11.2. The first-order valence-electron chi connectivity index (χ1n) is 16.9. The predicted octanol–water partition coefficient (Wildman–Crippen LogP) is 4.99. The van der Waals surface area contributed by atoms with Crippen LogP contribution in [0.2, 0.25) is 0 Å². The van der Waals surface area contributed by atoms with Gasteiger partial charge in [-0.1, -0.05) is 97.1 Å². The average molecular weight is 691 g/mol. The Labute approximate surface area is 299 Å². The van der Waals surface area contributed by atoms with E-state index in [1.54, 1.807) is 38.3 Å². The zero-order chi connectivity index (χ0) is 36.8. The van der Waals surface area contributed by atoms with Gasteiger partial charge in [-0.3, -0.25) is 0 Å². The number of phenols is 2. The van der Waals surface area contributed by atoms with Crippen molar-refractivity contribution in [2.45, 2.75) is 50.4 Å². The van der Waals surface area contributed by atoms with Gasteiger partial charge in [0.2, 0.25) is 5.72 Å². The fourth-order valence-corrected chi connectivity index (χ4v) is 6.81. The second-order valence-corrected chi connectivity index (χ2v) is 11.9. The van der Waals surface area contributed by atoms with E-state index in [9.17, 15) is 10.2 Å². The highest BCUT2D eigenvalue weighted by Gasteiger charge is 2.65. The number of fused-ring (bicyclic) bond motifs is 4. The standard InChI is InChI=1S/C36H30N2O3.C2H4O2.2C2H6O/c39-29-20-10-7-17-26(29)23-37-36-32(24-13-3-1-4-14-24)34(27-18-8-11-21-30(27)40)38-35(28-19-9-12-22-31(28)41-36)33(36)25-15-5-2-6-16-25;1-2(3)4;2*1-2-3/h1-23,32-35,38-40H;1H3,(H,3,4);2*3H,2H2,1H3/b37-23+;;;/t32-,33+,34-,35-,36-;;;/m1.../s1. The molecule has 2 aliphatic rings. The van der Waals surface area contributed by atoms with Crippen LogP contribution in [0.3, 0.4) is 0 Å². The second kappa shape index (κ2) is 18.5. The van der Waals surface area contributed by atoms with Crippen molar-refractivity contribution in [3.8, 4) is 17.2 Å². The van der Waals surface area contributed by atoms with E-state index < -0.39 is 11.7 Å². The summed E-state index contributed by atoms with van der Waals surface area (Å²) in [6.07, 6.45) is 1.75. The minimum Gasteiger partial charge on any atom is -0.550 e. The molecule has 51 heavy (non-hydrogen) atoms. The number of rotatable bonds is 5. The lowest BCUT2D eigenvalue weighted by Gasteiger charge is -2.54. The number of hydrogen-bond donors (Lipinski definition) is 5. The quantitative estimate of drug-likeness (QED) is 0.163. The number of quaternary nitrogens is 1. The van der Waals surface area contributed by atoms with Crippen LogP contribution >= 0.6 is 0 Å². The number of carboxylic acids is 1. The van der Waals surface area contributed by atoms with Crippen LogP contribution in [-0.4, -0.2) is 51.5 Å². The van der Waals surface area contributed by atoms with Crippen molar-refractivity contribution in [3.05, 3.63) is 161 Å². The van der Waals surface area contributed by atoms with Gasteiger partial charge in [-0.25, -0.2) is 4.99 Å². The number of aliphatic imine (C=N–C) groups is 1. The van der Waals surface area contributed by atoms with Gasteiger partial charge >= 0.3 is 0 Å². The number of carbonyl (C=O) groups is 1. The van der Waals surface area contributed by atoms with Crippen molar-refractivity contribution in [2.75, 3.05) is 13.2 Å². The van der Waals surface area contributed by atoms with E-state index in [1.165, 1.54) is 0 Å². The molecule has 0 aliphatic carbocycles. The Kier molecular flexibility index (Phi) is 13.9. The summed E-state index contributed by atoms with van der Waals surface area (Å²) in [4.78, 5) is 14.3. The number of nitrogens with two attached hydrogens (primary N) is 1. The van der Waals surface area contributed by atoms with E-state index in [4.69, 9.17) is 29.8 Å². The van der Waals surface area contributed by atoms with E-state index in [-0.39, 0.29) is 48.6 Å². The molecule has 5 atom stereocenters. The molecule has 0 radical (unpaired) electrons. The molecule has 2 aliphatic heterocycles. The Hall–Kier alpha value is -5.48. The zero-order valence-electron chi connectivity index (χ0n) is 29.0. The molecule has 0 saturated carbocycles. The largest absolute Gasteiger partial charge is 0.550 e. The van der Waals surface area contributed by atoms with Crippen LogP contribution in [0.1, 0.15) is 72.5 Å². The number of ether oxygens (including phenoxy) is 1. The van der Waals surface area contributed by atoms with E-state index in [1.807, 2.05) is 66.7 Å². The Morgan fingerprint density at radius 1 is 0.706 bits per heavy atom. The molecule has 6 N–H and O–H groups in total. The predicted molar refractivity (Wildman–Crippen MR) is 196 cm³/mol. The molecule has 0 aromatic heterocycles. The smallest absolute Gasteiger partial charge is 0.225 e. The molecule has 9 heteroatoms. The minimum atomic E-state index is -1.11. The number of phenolic OH excluding ortho intramolecular Hbond substituents is 2. The molecular weight excluding hydrogens is 644 g/mol. The fraction of sp³-hybridized carbons (Fsp3) is 0.238. The average Bonchev–Trinajstić information content (AvgIpc) is 3.12. The van der Waals surface area contributed by atoms with Crippen LogP contribution in [0.5, 0.6) is 17.2 Å². The summed E-state index contributed by atoms with van der Waals surface area (Å²) in [6.45, 7) is 4.83. The van der Waals surface area contributed by atoms with Crippen molar-refractivity contribution in [1.29, 1.82) is 0 Å². The van der Waals surface area contributed by atoms with Gasteiger partial charge in [0, 0.05) is 31.0 Å². The number of carboxylic acid groups (broad SMARTS) is 1. The third-order valence-corrected chi connectivity index (χ3v) is 8.53. The summed E-state index contributed by atoms with van der Waals surface area (Å²) in [7, 11) is 0. The number of nitrogens with zero attached hydrogens (tertiary/aromatic N) is 1. The van der Waals surface area contributed by atoms with E-state index in [2.05, 4.69) is 53.8 Å². The third-order valence-electron chi connectivity index (χ3n) is 8.53. The number of benzene rings is 5. The number of aliphatic carboxylic acids is 1. The monoisotopic (exact) mass is 690 g/mol. The Morgan fingerprint density at radius 3 is 1.63 bits per heavy atom. The van der Waals surface area contributed by atoms with Crippen molar-refractivity contribution < 1.29 is 40.4 Å². The zero-order valence-corrected chi connectivity index (χ0v) is 29.0. The molecule has 5 aromatic carbocycles. The summed E-state index contributed by atoms with van der Waals surface area (Å²) in [5.74, 6) is -0.347. The van der Waals surface area contributed by atoms with Gasteiger partial charge in [0.1, 0.15) is 41.2 Å². The summed E-state index contributed by atoms with van der Waals surface area (Å²) in [5, 5.41) is 48.3. The summed E-state index contributed by atoms with van der Waals surface area (Å²) < 4.78 is 7.20. The summed E-state index contributed by atoms with van der Waals surface area (Å²) in [5.41, 5.74) is 3.63. The highest BCUT2D eigenvalue weighted by atomic mass is 16.5. The van der Waals surface area contributed by atoms with E-state index >= 15 is 0 Å². The number of hydrogen-bond acceptors (Lipinski definition) is 8. The molecule has 7 rings (SSSR count). The second-order valence-electron chi connectivity index (χ2n) is 11.9. The number of aromatic hydroxyl groups is 2. The van der Waals surface area contributed by atoms with Gasteiger partial charge in [0.25, 0.3) is 0 Å². The minimum absolute atomic E-state index is 0.0477. The van der Waals surface area contributed by atoms with Gasteiger partial charge in [-0.15, -0.1) is 0 Å². The highest BCUT2D eigenvalue weighted by Crippen LogP contribution is 2.59. The van der Waals surface area contributed by atoms with Crippen LogP contribution < -0.4 is 15.2 Å². The molecule has 266 valence electrons. The molecule has 2 bridgehead atoms. The van der Waals surface area contributed by atoms with Crippen molar-refractivity contribution in [3.63, 3.8) is 0 Å². The van der Waals surface area contributed by atoms with E-state index in [0.29, 0.717) is 5.56 Å². The molecule has 1 saturated heterocycles. The van der Waals surface area contributed by atoms with Gasteiger partial charge < -0.3 is 40.4 Å². The van der Waals surface area contributed by atoms with Crippen LogP contribution in [0.15, 0.2) is 138 Å². The van der Waals surface area contributed by atoms with E-state index in [0.717, 1.165) is 34.9 Å². The molecule has 2 heterocycles. The topological polar surface area (TPSA) is 159 Å². The third kappa shape index (κ3) is 9.01. The maximum atomic E-state index is 11.2. The Morgan fingerprint density at radius 2 is 1.12 bits per heavy atom. The highest BCUT2D eigenvalue weighted by molar-refractivity contribution is 5.83. The Bertz CT molecular complexity index is 1850. The summed E-state index contributed by atoms with van der Waals surface area (Å²) in [6, 6.07) is 43.5. The van der Waals surface area contributed by atoms with Crippen LogP contribution in [0.4, 0.5) is 0 Å². The van der Waals surface area contributed by atoms with Crippen LogP contribution in [0.25, 0.3) is 0 Å². The fourth-order valence-electron chi connectivity index (χ4n) is 6.81. The lowest BCUT2D eigenvalue weighted by atomic mass is 9.63. The number of carbonyl (C=O) groups excluding carboxylic acids is 1. The molecule has 0 unspecified atom stereocenters. The molecule has 9 nitrogen and oxygen atoms in total. The molecule has 0 spiro atoms. The maximum Gasteiger partial charge on any atom is 0.225 e. The van der Waals surface area contributed by atoms with Crippen LogP contribution in [0, 0.1) is 0 Å². The van der Waals surface area contributed by atoms with Crippen molar-refractivity contribution in [2.24, 2.45) is 4.99 Å². The normalized spacial score (nSPS) is 21.2. The number of para-hydroxylation sites is 3. The first kappa shape index (κ1) is 38.3. The molecule has 1 fully saturated rings. The van der Waals surface area contributed by atoms with Gasteiger partial charge in [0.05, 0.1) is 11.1 Å². The summed E-state index contributed by atoms with van der Waals surface area (Å²) >= 11 is 0. The van der Waals surface area contributed by atoms with Gasteiger partial charge in [-0.05, 0) is 68.3 Å². The van der Waals surface area contributed by atoms with Crippen molar-refractivity contribution in [1.82, 2.24) is 0 Å². The first-order valence-corrected chi connectivity index (χ1v) is 16.9. The molecule has 5 aromatic rings. The first-order chi connectivity index (χ1) is 24.7. The number of piperidine rings is 1. The Balaban J connectivity index is 0.000000523. The lowest BCUT2D eigenvalue weighted by molar-refractivity contribution is -0.756. The number of aliphatic hydroxyl groups excluding tert-OH is 2. The SMILES string of the molecule is CC(=O)[O-].CCO.CCO.Oc1ccccc1/C=N/[C@@]12Oc3ccccc3[C@@H]([NH2+][C@H](c3ccccc3O)[C@H]1c1ccccc1)[C@@H]2c1ccccc1.